The van der Waals surface area contributed by atoms with E-state index in [1.54, 1.807) is 11.7 Å². The molecule has 1 aromatic carbocycles. The maximum absolute atomic E-state index is 12.5. The van der Waals surface area contributed by atoms with E-state index in [1.165, 1.54) is 0 Å². The van der Waals surface area contributed by atoms with Crippen molar-refractivity contribution in [3.63, 3.8) is 0 Å². The van der Waals surface area contributed by atoms with Crippen molar-refractivity contribution < 1.29 is 4.79 Å². The molecule has 2 aromatic heterocycles. The average molecular weight is 306 g/mol. The number of hydrogen-bond donors (Lipinski definition) is 1. The second-order valence-electron chi connectivity index (χ2n) is 5.44. The predicted octanol–water partition coefficient (Wildman–Crippen LogP) is 3.35. The molecule has 116 valence electrons. The van der Waals surface area contributed by atoms with Crippen LogP contribution < -0.4 is 5.32 Å². The second-order valence-corrected chi connectivity index (χ2v) is 5.44. The zero-order valence-electron chi connectivity index (χ0n) is 13.4. The summed E-state index contributed by atoms with van der Waals surface area (Å²) in [6.45, 7) is 3.73. The quantitative estimate of drug-likeness (QED) is 0.807. The summed E-state index contributed by atoms with van der Waals surface area (Å²) in [7, 11) is 1.80. The summed E-state index contributed by atoms with van der Waals surface area (Å²) < 4.78 is 1.65. The normalized spacial score (nSPS) is 10.6. The van der Waals surface area contributed by atoms with E-state index >= 15 is 0 Å². The fourth-order valence-corrected chi connectivity index (χ4v) is 2.48. The number of carbonyl (C=O) groups excluding carboxylic acids is 1. The van der Waals surface area contributed by atoms with Gasteiger partial charge in [-0.2, -0.15) is 5.10 Å². The summed E-state index contributed by atoms with van der Waals surface area (Å²) >= 11 is 0. The number of nitrogens with one attached hydrogen (secondary N) is 1. The zero-order valence-corrected chi connectivity index (χ0v) is 13.4. The molecule has 0 fully saturated rings. The lowest BCUT2D eigenvalue weighted by Crippen LogP contribution is -2.16. The molecule has 5 nitrogen and oxygen atoms in total. The Labute approximate surface area is 135 Å². The highest BCUT2D eigenvalue weighted by atomic mass is 16.1. The van der Waals surface area contributed by atoms with Gasteiger partial charge in [-0.15, -0.1) is 0 Å². The van der Waals surface area contributed by atoms with Crippen molar-refractivity contribution >= 4 is 11.7 Å². The molecule has 0 unspecified atom stereocenters. The Bertz CT molecular complexity index is 853. The van der Waals surface area contributed by atoms with Crippen molar-refractivity contribution in [1.29, 1.82) is 0 Å². The topological polar surface area (TPSA) is 59.8 Å². The number of carbonyl (C=O) groups is 1. The summed E-state index contributed by atoms with van der Waals surface area (Å²) in [6.07, 6.45) is 0. The highest BCUT2D eigenvalue weighted by Gasteiger charge is 2.13. The summed E-state index contributed by atoms with van der Waals surface area (Å²) in [5.74, 6) is 0.483. The molecule has 0 aliphatic rings. The van der Waals surface area contributed by atoms with Crippen molar-refractivity contribution in [2.24, 2.45) is 7.05 Å². The maximum atomic E-state index is 12.5. The van der Waals surface area contributed by atoms with Crippen molar-refractivity contribution in [2.75, 3.05) is 5.32 Å². The first kappa shape index (κ1) is 15.0. The van der Waals surface area contributed by atoms with E-state index in [1.807, 2.05) is 62.4 Å². The fourth-order valence-electron chi connectivity index (χ4n) is 2.48. The minimum Gasteiger partial charge on any atom is -0.307 e. The van der Waals surface area contributed by atoms with Crippen LogP contribution in [0.5, 0.6) is 0 Å². The van der Waals surface area contributed by atoms with E-state index < -0.39 is 0 Å². The van der Waals surface area contributed by atoms with Gasteiger partial charge in [0, 0.05) is 18.7 Å². The Morgan fingerprint density at radius 1 is 1.09 bits per heavy atom. The van der Waals surface area contributed by atoms with Crippen LogP contribution in [0, 0.1) is 13.8 Å². The molecule has 0 aliphatic heterocycles. The predicted molar refractivity (Wildman–Crippen MR) is 90.3 cm³/mol. The molecular formula is C18H18N4O. The molecule has 0 spiro atoms. The fraction of sp³-hybridized carbons (Fsp3) is 0.167. The van der Waals surface area contributed by atoms with E-state index in [9.17, 15) is 4.79 Å². The van der Waals surface area contributed by atoms with Gasteiger partial charge in [-0.1, -0.05) is 30.3 Å². The van der Waals surface area contributed by atoms with E-state index in [-0.39, 0.29) is 5.91 Å². The van der Waals surface area contributed by atoms with Gasteiger partial charge in [0.2, 0.25) is 0 Å². The van der Waals surface area contributed by atoms with Gasteiger partial charge in [-0.05, 0) is 26.0 Å². The number of amides is 1. The molecule has 1 N–H and O–H groups in total. The molecule has 3 rings (SSSR count). The highest BCUT2D eigenvalue weighted by molar-refractivity contribution is 6.04. The number of aromatic nitrogens is 3. The van der Waals surface area contributed by atoms with Crippen LogP contribution >= 0.6 is 0 Å². The summed E-state index contributed by atoms with van der Waals surface area (Å²) in [6, 6.07) is 15.4. The zero-order chi connectivity index (χ0) is 16.4. The number of hydrogen-bond acceptors (Lipinski definition) is 3. The van der Waals surface area contributed by atoms with Gasteiger partial charge in [0.25, 0.3) is 5.91 Å². The van der Waals surface area contributed by atoms with Gasteiger partial charge in [-0.3, -0.25) is 14.5 Å². The molecule has 0 saturated heterocycles. The third-order valence-corrected chi connectivity index (χ3v) is 3.64. The number of benzene rings is 1. The Morgan fingerprint density at radius 3 is 2.43 bits per heavy atom. The summed E-state index contributed by atoms with van der Waals surface area (Å²) in [5, 5.41) is 7.09. The van der Waals surface area contributed by atoms with Gasteiger partial charge in [-0.25, -0.2) is 0 Å². The third-order valence-electron chi connectivity index (χ3n) is 3.64. The Morgan fingerprint density at radius 2 is 1.83 bits per heavy atom. The van der Waals surface area contributed by atoms with Crippen molar-refractivity contribution in [1.82, 2.24) is 14.8 Å². The van der Waals surface area contributed by atoms with E-state index in [0.29, 0.717) is 17.1 Å². The molecular weight excluding hydrogens is 288 g/mol. The minimum absolute atomic E-state index is 0.183. The van der Waals surface area contributed by atoms with Gasteiger partial charge in [0.1, 0.15) is 5.82 Å². The lowest BCUT2D eigenvalue weighted by Gasteiger charge is -2.09. The van der Waals surface area contributed by atoms with E-state index in [2.05, 4.69) is 15.4 Å². The number of nitrogens with zero attached hydrogens (tertiary/aromatic N) is 3. The minimum atomic E-state index is -0.183. The number of pyridine rings is 1. The maximum Gasteiger partial charge on any atom is 0.258 e. The lowest BCUT2D eigenvalue weighted by molar-refractivity contribution is 0.102. The number of rotatable bonds is 3. The summed E-state index contributed by atoms with van der Waals surface area (Å²) in [4.78, 5) is 17.0. The van der Waals surface area contributed by atoms with Gasteiger partial charge in [0.15, 0.2) is 0 Å². The molecule has 23 heavy (non-hydrogen) atoms. The Kier molecular flexibility index (Phi) is 3.93. The third kappa shape index (κ3) is 3.13. The molecule has 2 heterocycles. The molecule has 0 bridgehead atoms. The second kappa shape index (κ2) is 6.04. The monoisotopic (exact) mass is 306 g/mol. The van der Waals surface area contributed by atoms with E-state index in [0.717, 1.165) is 17.0 Å². The first-order chi connectivity index (χ1) is 11.0. The standard InChI is InChI=1S/C18H18N4O/c1-12-11-17(22(3)21-12)20-18(23)15-9-10-16(19-13(15)2)14-7-5-4-6-8-14/h4-11H,1-3H3,(H,20,23). The SMILES string of the molecule is Cc1cc(NC(=O)c2ccc(-c3ccccc3)nc2C)n(C)n1. The average Bonchev–Trinajstić information content (AvgIpc) is 2.85. The van der Waals surface area contributed by atoms with Crippen LogP contribution in [-0.4, -0.2) is 20.7 Å². The first-order valence-electron chi connectivity index (χ1n) is 7.39. The Balaban J connectivity index is 1.86. The highest BCUT2D eigenvalue weighted by Crippen LogP contribution is 2.19. The number of aryl methyl sites for hydroxylation is 3. The van der Waals surface area contributed by atoms with Crippen LogP contribution in [0.2, 0.25) is 0 Å². The van der Waals surface area contributed by atoms with Gasteiger partial charge >= 0.3 is 0 Å². The van der Waals surface area contributed by atoms with Crippen LogP contribution in [-0.2, 0) is 7.05 Å². The molecule has 3 aromatic rings. The van der Waals surface area contributed by atoms with Crippen LogP contribution in [0.1, 0.15) is 21.7 Å². The molecule has 0 saturated carbocycles. The van der Waals surface area contributed by atoms with Crippen molar-refractivity contribution in [3.05, 3.63) is 65.5 Å². The van der Waals surface area contributed by atoms with Crippen molar-refractivity contribution in [3.8, 4) is 11.3 Å². The van der Waals surface area contributed by atoms with E-state index in [4.69, 9.17) is 0 Å². The Hall–Kier alpha value is -2.95. The lowest BCUT2D eigenvalue weighted by atomic mass is 10.1. The molecule has 0 aliphatic carbocycles. The molecule has 0 radical (unpaired) electrons. The summed E-state index contributed by atoms with van der Waals surface area (Å²) in [5.41, 5.74) is 4.00. The molecule has 5 heteroatoms. The van der Waals surface area contributed by atoms with Gasteiger partial charge < -0.3 is 5.32 Å². The molecule has 1 amide bonds. The largest absolute Gasteiger partial charge is 0.307 e. The van der Waals surface area contributed by atoms with Crippen LogP contribution in [0.15, 0.2) is 48.5 Å². The first-order valence-corrected chi connectivity index (χ1v) is 7.39. The van der Waals surface area contributed by atoms with Crippen LogP contribution in [0.4, 0.5) is 5.82 Å². The number of anilines is 1. The van der Waals surface area contributed by atoms with Gasteiger partial charge in [0.05, 0.1) is 22.6 Å². The smallest absolute Gasteiger partial charge is 0.258 e. The van der Waals surface area contributed by atoms with Crippen LogP contribution in [0.3, 0.4) is 0 Å². The van der Waals surface area contributed by atoms with Crippen molar-refractivity contribution in [2.45, 2.75) is 13.8 Å². The molecule has 0 atom stereocenters. The van der Waals surface area contributed by atoms with Crippen LogP contribution in [0.25, 0.3) is 11.3 Å².